The van der Waals surface area contributed by atoms with Crippen molar-refractivity contribution in [1.29, 1.82) is 0 Å². The lowest BCUT2D eigenvalue weighted by Crippen LogP contribution is -2.08. The lowest BCUT2D eigenvalue weighted by Gasteiger charge is -2.11. The Morgan fingerprint density at radius 2 is 2.06 bits per heavy atom. The fraction of sp³-hybridized carbons (Fsp3) is 0.200. The molecule has 0 atom stereocenters. The molecule has 7 heteroatoms. The molecule has 92 valence electrons. The molecule has 1 N–H and O–H groups in total. The highest BCUT2D eigenvalue weighted by atomic mass is 127. The summed E-state index contributed by atoms with van der Waals surface area (Å²) in [6, 6.07) is 4.02. The Bertz CT molecular complexity index is 451. The highest BCUT2D eigenvalue weighted by molar-refractivity contribution is 14.2. The standard InChI is InChI=1S/C10H7F3INS2/c1-16-15-8-3-2-7(4-5-17-14)9(6-8)10(11,12)13/h2-3,6,15H,1H3. The van der Waals surface area contributed by atoms with Crippen LogP contribution in [0, 0.1) is 11.2 Å². The van der Waals surface area contributed by atoms with Gasteiger partial charge in [0, 0.05) is 38.7 Å². The molecule has 0 saturated carbocycles. The minimum atomic E-state index is -4.39. The van der Waals surface area contributed by atoms with Crippen LogP contribution in [0.1, 0.15) is 11.1 Å². The first kappa shape index (κ1) is 14.9. The third-order valence-electron chi connectivity index (χ3n) is 1.77. The fourth-order valence-electron chi connectivity index (χ4n) is 1.14. The van der Waals surface area contributed by atoms with Gasteiger partial charge in [0.25, 0.3) is 0 Å². The predicted octanol–water partition coefficient (Wildman–Crippen LogP) is 4.79. The van der Waals surface area contributed by atoms with Crippen molar-refractivity contribution in [2.45, 2.75) is 6.18 Å². The second kappa shape index (κ2) is 6.66. The van der Waals surface area contributed by atoms with Crippen molar-refractivity contribution < 1.29 is 13.2 Å². The van der Waals surface area contributed by atoms with Crippen molar-refractivity contribution in [3.05, 3.63) is 29.3 Å². The molecule has 17 heavy (non-hydrogen) atoms. The lowest BCUT2D eigenvalue weighted by atomic mass is 10.1. The molecule has 0 aliphatic heterocycles. The van der Waals surface area contributed by atoms with E-state index in [2.05, 4.69) is 15.9 Å². The van der Waals surface area contributed by atoms with Gasteiger partial charge in [0.1, 0.15) is 0 Å². The number of rotatable bonds is 2. The summed E-state index contributed by atoms with van der Waals surface area (Å²) in [5.74, 6) is 2.49. The average Bonchev–Trinajstić information content (AvgIpc) is 2.26. The summed E-state index contributed by atoms with van der Waals surface area (Å²) < 4.78 is 41.1. The van der Waals surface area contributed by atoms with Gasteiger partial charge in [-0.25, -0.2) is 0 Å². The first-order valence-corrected chi connectivity index (χ1v) is 8.86. The summed E-state index contributed by atoms with van der Waals surface area (Å²) in [5.41, 5.74) is -0.305. The summed E-state index contributed by atoms with van der Waals surface area (Å²) in [7, 11) is 1.15. The Kier molecular flexibility index (Phi) is 5.82. The summed E-state index contributed by atoms with van der Waals surface area (Å²) in [4.78, 5) is 0. The maximum atomic E-state index is 12.8. The van der Waals surface area contributed by atoms with Gasteiger partial charge in [0.2, 0.25) is 0 Å². The minimum Gasteiger partial charge on any atom is -0.330 e. The second-order valence-electron chi connectivity index (χ2n) is 2.87. The minimum absolute atomic E-state index is 0.00619. The molecule has 0 aromatic heterocycles. The molecule has 0 radical (unpaired) electrons. The Morgan fingerprint density at radius 1 is 1.35 bits per heavy atom. The summed E-state index contributed by atoms with van der Waals surface area (Å²) in [6.45, 7) is 0. The molecule has 0 unspecified atom stereocenters. The molecule has 1 nitrogen and oxygen atoms in total. The number of anilines is 1. The van der Waals surface area contributed by atoms with E-state index in [-0.39, 0.29) is 5.56 Å². The van der Waals surface area contributed by atoms with E-state index < -0.39 is 11.7 Å². The van der Waals surface area contributed by atoms with Crippen molar-refractivity contribution in [2.24, 2.45) is 0 Å². The number of hydrogen-bond donors (Lipinski definition) is 1. The van der Waals surface area contributed by atoms with Gasteiger partial charge in [0.05, 0.1) is 5.56 Å². The Hall–Kier alpha value is -0.200. The fourth-order valence-corrected chi connectivity index (χ4v) is 1.98. The zero-order chi connectivity index (χ0) is 12.9. The van der Waals surface area contributed by atoms with Gasteiger partial charge < -0.3 is 4.72 Å². The molecular weight excluding hydrogens is 382 g/mol. The van der Waals surface area contributed by atoms with E-state index in [0.29, 0.717) is 5.69 Å². The largest absolute Gasteiger partial charge is 0.417 e. The van der Waals surface area contributed by atoms with Crippen molar-refractivity contribution in [2.75, 3.05) is 11.0 Å². The van der Waals surface area contributed by atoms with Gasteiger partial charge in [-0.05, 0) is 32.4 Å². The maximum absolute atomic E-state index is 12.8. The van der Waals surface area contributed by atoms with Crippen LogP contribution in [-0.2, 0) is 6.18 Å². The molecule has 0 aliphatic carbocycles. The second-order valence-corrected chi connectivity index (χ2v) is 5.16. The quantitative estimate of drug-likeness (QED) is 0.444. The number of halogens is 4. The van der Waals surface area contributed by atoms with E-state index in [9.17, 15) is 13.2 Å². The zero-order valence-corrected chi connectivity index (χ0v) is 12.4. The first-order chi connectivity index (χ1) is 7.99. The predicted molar refractivity (Wildman–Crippen MR) is 77.1 cm³/mol. The highest BCUT2D eigenvalue weighted by Crippen LogP contribution is 2.34. The Balaban J connectivity index is 3.22. The van der Waals surface area contributed by atoms with Gasteiger partial charge in [-0.3, -0.25) is 0 Å². The monoisotopic (exact) mass is 389 g/mol. The Morgan fingerprint density at radius 3 is 2.59 bits per heavy atom. The molecule has 0 aliphatic rings. The zero-order valence-electron chi connectivity index (χ0n) is 8.56. The summed E-state index contributed by atoms with van der Waals surface area (Å²) in [6.07, 6.45) is -2.65. The third kappa shape index (κ3) is 4.52. The molecule has 0 spiro atoms. The van der Waals surface area contributed by atoms with Gasteiger partial charge in [-0.15, -0.1) is 0 Å². The van der Waals surface area contributed by atoms with Crippen LogP contribution < -0.4 is 4.72 Å². The van der Waals surface area contributed by atoms with E-state index >= 15 is 0 Å². The molecule has 0 fully saturated rings. The van der Waals surface area contributed by atoms with Crippen LogP contribution in [-0.4, -0.2) is 6.26 Å². The van der Waals surface area contributed by atoms with Crippen LogP contribution in [0.4, 0.5) is 18.9 Å². The lowest BCUT2D eigenvalue weighted by molar-refractivity contribution is -0.137. The van der Waals surface area contributed by atoms with E-state index in [4.69, 9.17) is 0 Å². The SMILES string of the molecule is CSNc1ccc(C#CSI)c(C(F)(F)F)c1. The normalized spacial score (nSPS) is 10.6. The molecule has 1 rings (SSSR count). The van der Waals surface area contributed by atoms with Crippen molar-refractivity contribution in [3.63, 3.8) is 0 Å². The number of benzene rings is 1. The molecule has 1 aromatic rings. The van der Waals surface area contributed by atoms with Gasteiger partial charge in [0.15, 0.2) is 0 Å². The van der Waals surface area contributed by atoms with Crippen LogP contribution in [0.3, 0.4) is 0 Å². The molecular formula is C10H7F3INS2. The van der Waals surface area contributed by atoms with Gasteiger partial charge in [-0.1, -0.05) is 17.9 Å². The van der Waals surface area contributed by atoms with Gasteiger partial charge >= 0.3 is 6.18 Å². The summed E-state index contributed by atoms with van der Waals surface area (Å²) in [5, 5.41) is 2.56. The number of alkyl halides is 3. The molecule has 0 heterocycles. The van der Waals surface area contributed by atoms with Crippen LogP contribution in [0.2, 0.25) is 0 Å². The molecule has 0 amide bonds. The van der Waals surface area contributed by atoms with Crippen LogP contribution in [0.25, 0.3) is 0 Å². The maximum Gasteiger partial charge on any atom is 0.417 e. The van der Waals surface area contributed by atoms with E-state index in [1.54, 1.807) is 12.3 Å². The van der Waals surface area contributed by atoms with E-state index in [0.717, 1.165) is 15.0 Å². The summed E-state index contributed by atoms with van der Waals surface area (Å²) >= 11 is 3.15. The van der Waals surface area contributed by atoms with Gasteiger partial charge in [-0.2, -0.15) is 13.2 Å². The van der Waals surface area contributed by atoms with Crippen molar-refractivity contribution >= 4 is 47.8 Å². The molecule has 0 saturated heterocycles. The Labute approximate surface area is 118 Å². The number of nitrogens with one attached hydrogen (secondary N) is 1. The average molecular weight is 389 g/mol. The van der Waals surface area contributed by atoms with Crippen LogP contribution >= 0.6 is 42.1 Å². The van der Waals surface area contributed by atoms with Crippen molar-refractivity contribution in [1.82, 2.24) is 0 Å². The smallest absolute Gasteiger partial charge is 0.330 e. The van der Waals surface area contributed by atoms with E-state index in [1.807, 2.05) is 21.2 Å². The topological polar surface area (TPSA) is 12.0 Å². The van der Waals surface area contributed by atoms with E-state index in [1.165, 1.54) is 18.0 Å². The van der Waals surface area contributed by atoms with Crippen LogP contribution in [0.15, 0.2) is 18.2 Å². The molecule has 1 aromatic carbocycles. The highest BCUT2D eigenvalue weighted by Gasteiger charge is 2.33. The van der Waals surface area contributed by atoms with Crippen LogP contribution in [0.5, 0.6) is 0 Å². The van der Waals surface area contributed by atoms with Crippen molar-refractivity contribution in [3.8, 4) is 11.2 Å². The first-order valence-electron chi connectivity index (χ1n) is 4.28. The third-order valence-corrected chi connectivity index (χ3v) is 3.05. The number of hydrogen-bond acceptors (Lipinski definition) is 3. The molecule has 0 bridgehead atoms.